The molecule has 4 heteroatoms. The molecule has 0 aromatic heterocycles. The van der Waals surface area contributed by atoms with Crippen LogP contribution in [0, 0.1) is 6.92 Å². The lowest BCUT2D eigenvalue weighted by Crippen LogP contribution is -2.60. The van der Waals surface area contributed by atoms with Crippen LogP contribution in [0.5, 0.6) is 0 Å². The molecule has 1 heterocycles. The van der Waals surface area contributed by atoms with Gasteiger partial charge < -0.3 is 9.84 Å². The van der Waals surface area contributed by atoms with Gasteiger partial charge in [-0.15, -0.1) is 12.4 Å². The number of benzene rings is 1. The number of rotatable bonds is 6. The average molecular weight is 356 g/mol. The molecule has 1 aromatic rings. The molecule has 0 spiro atoms. The zero-order chi connectivity index (χ0) is 17.1. The molecule has 1 atom stereocenters. The van der Waals surface area contributed by atoms with Crippen LogP contribution in [-0.4, -0.2) is 40.3 Å². The molecule has 1 aromatic carbocycles. The largest absolute Gasteiger partial charge is 0.389 e. The normalized spacial score (nSPS) is 21.1. The average Bonchev–Trinajstić information content (AvgIpc) is 2.45. The summed E-state index contributed by atoms with van der Waals surface area (Å²) in [6, 6.07) is 8.35. The van der Waals surface area contributed by atoms with Crippen LogP contribution in [0.4, 0.5) is 0 Å². The number of aliphatic hydroxyl groups is 1. The predicted molar refractivity (Wildman–Crippen MR) is 103 cm³/mol. The van der Waals surface area contributed by atoms with Crippen molar-refractivity contribution in [2.24, 2.45) is 0 Å². The monoisotopic (exact) mass is 355 g/mol. The number of aliphatic hydroxyl groups excluding tert-OH is 1. The highest BCUT2D eigenvalue weighted by atomic mass is 35.5. The molecule has 0 bridgehead atoms. The van der Waals surface area contributed by atoms with Crippen molar-refractivity contribution >= 4 is 12.4 Å². The summed E-state index contributed by atoms with van der Waals surface area (Å²) in [7, 11) is 0. The van der Waals surface area contributed by atoms with Crippen LogP contribution in [0.1, 0.15) is 58.1 Å². The smallest absolute Gasteiger partial charge is 0.0900 e. The second-order valence-corrected chi connectivity index (χ2v) is 8.24. The summed E-state index contributed by atoms with van der Waals surface area (Å²) in [5.74, 6) is 0. The highest BCUT2D eigenvalue weighted by Gasteiger charge is 2.41. The number of β-amino-alcohol motifs (C(OH)–C–C–N with tert-alkyl or cyclic N) is 1. The molecule has 1 aliphatic rings. The van der Waals surface area contributed by atoms with Gasteiger partial charge >= 0.3 is 0 Å². The van der Waals surface area contributed by atoms with Crippen LogP contribution in [-0.2, 0) is 11.3 Å². The SMILES string of the molecule is Cc1ccc(COCC(O)CN2C(C)(C)CCCC2(C)C)cc1.Cl. The minimum atomic E-state index is -0.447. The molecule has 0 aliphatic carbocycles. The maximum atomic E-state index is 10.4. The third-order valence-corrected chi connectivity index (χ3v) is 5.13. The minimum Gasteiger partial charge on any atom is -0.389 e. The molecule has 1 saturated heterocycles. The van der Waals surface area contributed by atoms with Gasteiger partial charge in [0, 0.05) is 17.6 Å². The standard InChI is InChI=1S/C20H33NO2.ClH/c1-16-7-9-17(10-8-16)14-23-15-18(22)13-21-19(2,3)11-6-12-20(21,4)5;/h7-10,18,22H,6,11-15H2,1-5H3;1H. The molecule has 1 unspecified atom stereocenters. The fourth-order valence-electron chi connectivity index (χ4n) is 3.80. The Hall–Kier alpha value is -0.610. The van der Waals surface area contributed by atoms with E-state index >= 15 is 0 Å². The third kappa shape index (κ3) is 5.73. The maximum Gasteiger partial charge on any atom is 0.0900 e. The van der Waals surface area contributed by atoms with Gasteiger partial charge in [0.1, 0.15) is 0 Å². The Morgan fingerprint density at radius 1 is 1.08 bits per heavy atom. The molecule has 2 rings (SSSR count). The van der Waals surface area contributed by atoms with E-state index in [-0.39, 0.29) is 23.5 Å². The topological polar surface area (TPSA) is 32.7 Å². The number of aryl methyl sites for hydroxylation is 1. The van der Waals surface area contributed by atoms with E-state index in [1.165, 1.54) is 24.8 Å². The van der Waals surface area contributed by atoms with Crippen molar-refractivity contribution in [3.05, 3.63) is 35.4 Å². The summed E-state index contributed by atoms with van der Waals surface area (Å²) in [6.07, 6.45) is 3.19. The summed E-state index contributed by atoms with van der Waals surface area (Å²) in [4.78, 5) is 2.46. The van der Waals surface area contributed by atoms with Crippen molar-refractivity contribution in [3.63, 3.8) is 0 Å². The zero-order valence-electron chi connectivity index (χ0n) is 15.8. The van der Waals surface area contributed by atoms with Gasteiger partial charge in [-0.25, -0.2) is 0 Å². The van der Waals surface area contributed by atoms with E-state index in [1.54, 1.807) is 0 Å². The summed E-state index contributed by atoms with van der Waals surface area (Å²) < 4.78 is 5.72. The van der Waals surface area contributed by atoms with Crippen LogP contribution in [0.2, 0.25) is 0 Å². The summed E-state index contributed by atoms with van der Waals surface area (Å²) >= 11 is 0. The lowest BCUT2D eigenvalue weighted by Gasteiger charge is -2.53. The van der Waals surface area contributed by atoms with Crippen molar-refractivity contribution in [1.82, 2.24) is 4.90 Å². The summed E-state index contributed by atoms with van der Waals surface area (Å²) in [5, 5.41) is 10.4. The van der Waals surface area contributed by atoms with Crippen LogP contribution in [0.15, 0.2) is 24.3 Å². The van der Waals surface area contributed by atoms with Gasteiger partial charge in [-0.1, -0.05) is 29.8 Å². The first-order chi connectivity index (χ1) is 10.7. The van der Waals surface area contributed by atoms with Crippen LogP contribution >= 0.6 is 12.4 Å². The number of hydrogen-bond acceptors (Lipinski definition) is 3. The Labute approximate surface area is 153 Å². The minimum absolute atomic E-state index is 0. The van der Waals surface area contributed by atoms with Gasteiger partial charge in [0.25, 0.3) is 0 Å². The Kier molecular flexibility index (Phi) is 7.74. The molecule has 24 heavy (non-hydrogen) atoms. The van der Waals surface area contributed by atoms with Crippen molar-refractivity contribution in [2.75, 3.05) is 13.2 Å². The third-order valence-electron chi connectivity index (χ3n) is 5.13. The van der Waals surface area contributed by atoms with Gasteiger partial charge in [0.15, 0.2) is 0 Å². The Bertz CT molecular complexity index is 483. The lowest BCUT2D eigenvalue weighted by molar-refractivity contribution is -0.0714. The Morgan fingerprint density at radius 3 is 2.17 bits per heavy atom. The first-order valence-electron chi connectivity index (χ1n) is 8.80. The van der Waals surface area contributed by atoms with E-state index in [4.69, 9.17) is 4.74 Å². The fourth-order valence-corrected chi connectivity index (χ4v) is 3.80. The van der Waals surface area contributed by atoms with Gasteiger partial charge in [-0.2, -0.15) is 0 Å². The highest BCUT2D eigenvalue weighted by Crippen LogP contribution is 2.38. The van der Waals surface area contributed by atoms with E-state index in [1.807, 2.05) is 0 Å². The second-order valence-electron chi connectivity index (χ2n) is 8.24. The van der Waals surface area contributed by atoms with Crippen LogP contribution < -0.4 is 0 Å². The Morgan fingerprint density at radius 2 is 1.62 bits per heavy atom. The number of likely N-dealkylation sites (tertiary alicyclic amines) is 1. The predicted octanol–water partition coefficient (Wildman–Crippen LogP) is 4.34. The van der Waals surface area contributed by atoms with Gasteiger partial charge in [0.2, 0.25) is 0 Å². The lowest BCUT2D eigenvalue weighted by atomic mass is 9.79. The van der Waals surface area contributed by atoms with E-state index < -0.39 is 6.10 Å². The molecule has 1 fully saturated rings. The first kappa shape index (κ1) is 21.4. The fraction of sp³-hybridized carbons (Fsp3) is 0.700. The van der Waals surface area contributed by atoms with Crippen molar-refractivity contribution in [2.45, 2.75) is 77.7 Å². The number of nitrogens with zero attached hydrogens (tertiary/aromatic N) is 1. The summed E-state index contributed by atoms with van der Waals surface area (Å²) in [5.41, 5.74) is 2.68. The molecule has 138 valence electrons. The molecule has 0 amide bonds. The molecule has 1 N–H and O–H groups in total. The summed E-state index contributed by atoms with van der Waals surface area (Å²) in [6.45, 7) is 12.8. The van der Waals surface area contributed by atoms with E-state index in [0.29, 0.717) is 19.8 Å². The highest BCUT2D eigenvalue weighted by molar-refractivity contribution is 5.85. The zero-order valence-corrected chi connectivity index (χ0v) is 16.7. The van der Waals surface area contributed by atoms with Gasteiger partial charge in [-0.05, 0) is 59.4 Å². The molecule has 0 saturated carbocycles. The molecule has 0 radical (unpaired) electrons. The first-order valence-corrected chi connectivity index (χ1v) is 8.80. The van der Waals surface area contributed by atoms with Gasteiger partial charge in [0.05, 0.1) is 19.3 Å². The Balaban J connectivity index is 0.00000288. The van der Waals surface area contributed by atoms with Crippen LogP contribution in [0.25, 0.3) is 0 Å². The van der Waals surface area contributed by atoms with E-state index in [2.05, 4.69) is 63.8 Å². The molecular weight excluding hydrogens is 322 g/mol. The number of piperidine rings is 1. The van der Waals surface area contributed by atoms with Crippen molar-refractivity contribution < 1.29 is 9.84 Å². The van der Waals surface area contributed by atoms with E-state index in [9.17, 15) is 5.11 Å². The number of hydrogen-bond donors (Lipinski definition) is 1. The molecule has 1 aliphatic heterocycles. The molecule has 3 nitrogen and oxygen atoms in total. The quantitative estimate of drug-likeness (QED) is 0.824. The molecular formula is C20H34ClNO2. The van der Waals surface area contributed by atoms with Crippen LogP contribution in [0.3, 0.4) is 0 Å². The van der Waals surface area contributed by atoms with Crippen molar-refractivity contribution in [3.8, 4) is 0 Å². The maximum absolute atomic E-state index is 10.4. The van der Waals surface area contributed by atoms with Crippen molar-refractivity contribution in [1.29, 1.82) is 0 Å². The van der Waals surface area contributed by atoms with Gasteiger partial charge in [-0.3, -0.25) is 4.90 Å². The second kappa shape index (κ2) is 8.66. The number of halogens is 1. The van der Waals surface area contributed by atoms with E-state index in [0.717, 1.165) is 5.56 Å². The number of ether oxygens (including phenoxy) is 1.